The minimum Gasteiger partial charge on any atom is -0.480 e. The quantitative estimate of drug-likeness (QED) is 0.706. The Morgan fingerprint density at radius 2 is 2.23 bits per heavy atom. The lowest BCUT2D eigenvalue weighted by atomic mass is 9.93. The highest BCUT2D eigenvalue weighted by molar-refractivity contribution is 9.10. The average Bonchev–Trinajstić information content (AvgIpc) is 2.95. The molecule has 0 saturated heterocycles. The van der Waals surface area contributed by atoms with Gasteiger partial charge in [-0.15, -0.1) is 0 Å². The molecular formula is C16H17BrFN3O4S. The van der Waals surface area contributed by atoms with E-state index in [9.17, 15) is 17.6 Å². The van der Waals surface area contributed by atoms with Gasteiger partial charge in [-0.3, -0.25) is 14.8 Å². The second-order valence-electron chi connectivity index (χ2n) is 6.08. The summed E-state index contributed by atoms with van der Waals surface area (Å²) in [6.45, 7) is -0.232. The number of halogens is 2. The summed E-state index contributed by atoms with van der Waals surface area (Å²) in [6, 6.07) is 3.55. The average molecular weight is 446 g/mol. The van der Waals surface area contributed by atoms with Crippen LogP contribution in [-0.4, -0.2) is 35.2 Å². The largest absolute Gasteiger partial charge is 0.480 e. The molecule has 1 aromatic heterocycles. The van der Waals surface area contributed by atoms with Gasteiger partial charge in [0.15, 0.2) is 9.84 Å². The maximum absolute atomic E-state index is 14.0. The van der Waals surface area contributed by atoms with Crippen LogP contribution in [0.1, 0.15) is 30.1 Å². The first kappa shape index (κ1) is 19.0. The van der Waals surface area contributed by atoms with E-state index in [1.54, 1.807) is 6.20 Å². The highest BCUT2D eigenvalue weighted by Gasteiger charge is 2.27. The van der Waals surface area contributed by atoms with E-state index in [0.717, 1.165) is 23.7 Å². The highest BCUT2D eigenvalue weighted by Crippen LogP contribution is 2.30. The number of aromatic nitrogens is 2. The van der Waals surface area contributed by atoms with Crippen LogP contribution in [-0.2, 0) is 27.6 Å². The van der Waals surface area contributed by atoms with Crippen molar-refractivity contribution in [1.82, 2.24) is 15.1 Å². The molecule has 1 aliphatic rings. The lowest BCUT2D eigenvalue weighted by molar-refractivity contribution is -0.137. The molecule has 0 unspecified atom stereocenters. The number of carboxylic acids is 1. The topological polar surface area (TPSA) is 101 Å². The minimum atomic E-state index is -3.85. The summed E-state index contributed by atoms with van der Waals surface area (Å²) in [5.41, 5.74) is 1.59. The molecule has 0 radical (unpaired) electrons. The fourth-order valence-corrected chi connectivity index (χ4v) is 4.65. The number of carbonyl (C=O) groups is 1. The molecule has 10 heteroatoms. The zero-order valence-corrected chi connectivity index (χ0v) is 16.1. The van der Waals surface area contributed by atoms with E-state index in [-0.39, 0.29) is 17.5 Å². The standard InChI is InChI=1S/C16H17BrFN3O4S/c17-10-4-5-15(12(18)6-10)26(24,25)9-19-13-2-1-3-14-11(13)7-20-21(14)8-16(22)23/h4-7,13,19H,1-3,8-9H2,(H,22,23)/t13-/m1/s1. The number of fused-ring (bicyclic) bond motifs is 1. The normalized spacial score (nSPS) is 17.1. The number of benzene rings is 1. The monoisotopic (exact) mass is 445 g/mol. The fourth-order valence-electron chi connectivity index (χ4n) is 3.11. The summed E-state index contributed by atoms with van der Waals surface area (Å²) in [6.07, 6.45) is 3.74. The Balaban J connectivity index is 1.77. The third-order valence-corrected chi connectivity index (χ3v) is 6.34. The SMILES string of the molecule is O=C(O)Cn1ncc2c1CCC[C@H]2NCS(=O)(=O)c1ccc(Br)cc1F. The zero-order valence-electron chi connectivity index (χ0n) is 13.7. The van der Waals surface area contributed by atoms with Crippen molar-refractivity contribution in [2.45, 2.75) is 36.7 Å². The number of hydrogen-bond acceptors (Lipinski definition) is 5. The lowest BCUT2D eigenvalue weighted by Crippen LogP contribution is -2.30. The number of carboxylic acid groups (broad SMARTS) is 1. The van der Waals surface area contributed by atoms with Gasteiger partial charge in [0.25, 0.3) is 0 Å². The number of nitrogens with zero attached hydrogens (tertiary/aromatic N) is 2. The first-order valence-electron chi connectivity index (χ1n) is 7.95. The maximum atomic E-state index is 14.0. The van der Waals surface area contributed by atoms with E-state index in [2.05, 4.69) is 26.3 Å². The van der Waals surface area contributed by atoms with Gasteiger partial charge in [-0.25, -0.2) is 12.8 Å². The molecule has 1 aromatic carbocycles. The van der Waals surface area contributed by atoms with Crippen molar-refractivity contribution >= 4 is 31.7 Å². The second kappa shape index (κ2) is 7.45. The smallest absolute Gasteiger partial charge is 0.325 e. The van der Waals surface area contributed by atoms with Crippen molar-refractivity contribution in [3.05, 3.63) is 45.9 Å². The van der Waals surface area contributed by atoms with Gasteiger partial charge in [0, 0.05) is 21.8 Å². The first-order valence-corrected chi connectivity index (χ1v) is 10.4. The maximum Gasteiger partial charge on any atom is 0.325 e. The predicted molar refractivity (Wildman–Crippen MR) is 94.8 cm³/mol. The number of aliphatic carboxylic acids is 1. The molecule has 0 spiro atoms. The van der Waals surface area contributed by atoms with Crippen LogP contribution < -0.4 is 5.32 Å². The number of hydrogen-bond donors (Lipinski definition) is 2. The van der Waals surface area contributed by atoms with Gasteiger partial charge in [-0.05, 0) is 37.5 Å². The number of rotatable bonds is 6. The third kappa shape index (κ3) is 3.97. The molecule has 2 aromatic rings. The molecule has 0 saturated carbocycles. The molecule has 1 heterocycles. The van der Waals surface area contributed by atoms with Crippen molar-refractivity contribution in [2.24, 2.45) is 0 Å². The molecular weight excluding hydrogens is 429 g/mol. The number of sulfone groups is 1. The minimum absolute atomic E-state index is 0.232. The Bertz CT molecular complexity index is 945. The molecule has 3 rings (SSSR count). The van der Waals surface area contributed by atoms with Crippen LogP contribution in [0.3, 0.4) is 0 Å². The Morgan fingerprint density at radius 3 is 2.92 bits per heavy atom. The van der Waals surface area contributed by atoms with E-state index in [1.807, 2.05) is 0 Å². The molecule has 0 aliphatic heterocycles. The summed E-state index contributed by atoms with van der Waals surface area (Å²) >= 11 is 3.10. The van der Waals surface area contributed by atoms with E-state index in [0.29, 0.717) is 17.3 Å². The van der Waals surface area contributed by atoms with Crippen molar-refractivity contribution in [3.63, 3.8) is 0 Å². The van der Waals surface area contributed by atoms with Gasteiger partial charge in [0.2, 0.25) is 0 Å². The van der Waals surface area contributed by atoms with Crippen molar-refractivity contribution in [2.75, 3.05) is 5.88 Å². The predicted octanol–water partition coefficient (Wildman–Crippen LogP) is 2.27. The van der Waals surface area contributed by atoms with E-state index < -0.39 is 27.5 Å². The van der Waals surface area contributed by atoms with Crippen LogP contribution in [0.2, 0.25) is 0 Å². The molecule has 2 N–H and O–H groups in total. The zero-order chi connectivity index (χ0) is 18.9. The van der Waals surface area contributed by atoms with E-state index in [4.69, 9.17) is 5.11 Å². The molecule has 26 heavy (non-hydrogen) atoms. The van der Waals surface area contributed by atoms with Crippen LogP contribution in [0.15, 0.2) is 33.8 Å². The van der Waals surface area contributed by atoms with Gasteiger partial charge < -0.3 is 5.11 Å². The summed E-state index contributed by atoms with van der Waals surface area (Å²) in [5, 5.41) is 16.0. The molecule has 0 fully saturated rings. The molecule has 140 valence electrons. The Hall–Kier alpha value is -1.78. The molecule has 7 nitrogen and oxygen atoms in total. The third-order valence-electron chi connectivity index (χ3n) is 4.30. The van der Waals surface area contributed by atoms with E-state index in [1.165, 1.54) is 16.8 Å². The van der Waals surface area contributed by atoms with Crippen LogP contribution in [0.25, 0.3) is 0 Å². The molecule has 1 atom stereocenters. The Labute approximate surface area is 158 Å². The van der Waals surface area contributed by atoms with Crippen LogP contribution >= 0.6 is 15.9 Å². The molecule has 0 bridgehead atoms. The van der Waals surface area contributed by atoms with Crippen LogP contribution in [0.4, 0.5) is 4.39 Å². The Kier molecular flexibility index (Phi) is 5.44. The van der Waals surface area contributed by atoms with Gasteiger partial charge >= 0.3 is 5.97 Å². The van der Waals surface area contributed by atoms with Crippen molar-refractivity contribution < 1.29 is 22.7 Å². The second-order valence-corrected chi connectivity index (χ2v) is 8.95. The lowest BCUT2D eigenvalue weighted by Gasteiger charge is -2.24. The van der Waals surface area contributed by atoms with Crippen molar-refractivity contribution in [3.8, 4) is 0 Å². The summed E-state index contributed by atoms with van der Waals surface area (Å²) < 4.78 is 40.8. The van der Waals surface area contributed by atoms with Crippen LogP contribution in [0, 0.1) is 5.82 Å². The van der Waals surface area contributed by atoms with E-state index >= 15 is 0 Å². The van der Waals surface area contributed by atoms with Gasteiger partial charge in [0.1, 0.15) is 23.1 Å². The summed E-state index contributed by atoms with van der Waals surface area (Å²) in [5.74, 6) is -2.21. The van der Waals surface area contributed by atoms with Crippen molar-refractivity contribution in [1.29, 1.82) is 0 Å². The summed E-state index contributed by atoms with van der Waals surface area (Å²) in [7, 11) is -3.85. The Morgan fingerprint density at radius 1 is 1.46 bits per heavy atom. The van der Waals surface area contributed by atoms with Gasteiger partial charge in [-0.1, -0.05) is 15.9 Å². The molecule has 0 amide bonds. The highest BCUT2D eigenvalue weighted by atomic mass is 79.9. The number of nitrogens with one attached hydrogen (secondary N) is 1. The summed E-state index contributed by atoms with van der Waals surface area (Å²) in [4.78, 5) is 10.6. The van der Waals surface area contributed by atoms with Crippen LogP contribution in [0.5, 0.6) is 0 Å². The first-order chi connectivity index (χ1) is 12.3. The van der Waals surface area contributed by atoms with Gasteiger partial charge in [-0.2, -0.15) is 5.10 Å². The van der Waals surface area contributed by atoms with Gasteiger partial charge in [0.05, 0.1) is 6.20 Å². The fraction of sp³-hybridized carbons (Fsp3) is 0.375. The molecule has 1 aliphatic carbocycles.